The Bertz CT molecular complexity index is 784. The van der Waals surface area contributed by atoms with Gasteiger partial charge in [0.2, 0.25) is 0 Å². The van der Waals surface area contributed by atoms with Crippen LogP contribution >= 0.6 is 0 Å². The Morgan fingerprint density at radius 1 is 1.06 bits per heavy atom. The fraction of sp³-hybridized carbons (Fsp3) is 0.375. The van der Waals surface area contributed by atoms with Crippen LogP contribution in [0.25, 0.3) is 0 Å². The number of nitrogens with one attached hydrogen (secondary N) is 1. The van der Waals surface area contributed by atoms with E-state index in [9.17, 15) is 9.90 Å². The number of carbonyl (C=O) groups excluding carboxylic acids is 1. The van der Waals surface area contributed by atoms with Gasteiger partial charge in [-0.15, -0.1) is 0 Å². The van der Waals surface area contributed by atoms with Crippen LogP contribution in [0.15, 0.2) is 73.4 Å². The van der Waals surface area contributed by atoms with E-state index in [1.54, 1.807) is 50.5 Å². The molecule has 0 spiro atoms. The van der Waals surface area contributed by atoms with Crippen LogP contribution in [0, 0.1) is 5.92 Å². The maximum absolute atomic E-state index is 13.5. The number of hydrogen-bond donors (Lipinski definition) is 2. The lowest BCUT2D eigenvalue weighted by Crippen LogP contribution is -2.56. The van der Waals surface area contributed by atoms with Gasteiger partial charge in [0.25, 0.3) is 5.91 Å². The zero-order chi connectivity index (χ0) is 23.6. The highest BCUT2D eigenvalue weighted by molar-refractivity contribution is 6.36. The van der Waals surface area contributed by atoms with Crippen molar-refractivity contribution in [2.75, 3.05) is 34.4 Å². The number of nitrogens with zero attached hydrogens (tertiary/aromatic N) is 1. The van der Waals surface area contributed by atoms with Gasteiger partial charge in [0.1, 0.15) is 0 Å². The third-order valence-electron chi connectivity index (χ3n) is 5.64. The summed E-state index contributed by atoms with van der Waals surface area (Å²) in [7, 11) is 3.05. The van der Waals surface area contributed by atoms with Gasteiger partial charge in [0.15, 0.2) is 5.60 Å². The zero-order valence-electron chi connectivity index (χ0n) is 19.2. The van der Waals surface area contributed by atoms with Crippen molar-refractivity contribution in [3.63, 3.8) is 0 Å². The van der Waals surface area contributed by atoms with Gasteiger partial charge in [0.05, 0.1) is 0 Å². The highest BCUT2D eigenvalue weighted by Crippen LogP contribution is 2.33. The number of benzene rings is 2. The standard InChI is InChI=1S/C21H24N2O2.C3H10O3Si/c1-3-23(16(2)17-14-22-15-17)20(24)21(25,18-10-6-4-7-11-18)19-12-8-5-9-13-19;1-4-7(5-2)6-3/h3-13,16-17,22,25H,1,14-15H2,2H3;7H,1-3H3. The lowest BCUT2D eigenvalue weighted by atomic mass is 9.83. The van der Waals surface area contributed by atoms with Crippen LogP contribution in [-0.4, -0.2) is 65.9 Å². The second-order valence-electron chi connectivity index (χ2n) is 7.49. The van der Waals surface area contributed by atoms with E-state index in [1.165, 1.54) is 6.20 Å². The molecule has 7 nitrogen and oxygen atoms in total. The van der Waals surface area contributed by atoms with Crippen molar-refractivity contribution in [2.24, 2.45) is 5.92 Å². The molecule has 1 unspecified atom stereocenters. The monoisotopic (exact) mass is 458 g/mol. The summed E-state index contributed by atoms with van der Waals surface area (Å²) in [4.78, 5) is 15.0. The molecule has 0 aliphatic carbocycles. The number of aliphatic hydroxyl groups is 1. The quantitative estimate of drug-likeness (QED) is 0.561. The molecule has 1 atom stereocenters. The van der Waals surface area contributed by atoms with Crippen LogP contribution in [0.3, 0.4) is 0 Å². The summed E-state index contributed by atoms with van der Waals surface area (Å²) in [6.07, 6.45) is 1.53. The predicted octanol–water partition coefficient (Wildman–Crippen LogP) is 2.15. The Hall–Kier alpha value is -2.33. The Morgan fingerprint density at radius 2 is 1.50 bits per heavy atom. The number of hydrogen-bond acceptors (Lipinski definition) is 6. The summed E-state index contributed by atoms with van der Waals surface area (Å²) in [5.41, 5.74) is -0.642. The average molecular weight is 459 g/mol. The highest BCUT2D eigenvalue weighted by atomic mass is 28.3. The van der Waals surface area contributed by atoms with Crippen LogP contribution in [0.5, 0.6) is 0 Å². The summed E-state index contributed by atoms with van der Waals surface area (Å²) in [5.74, 6) is -0.0166. The minimum absolute atomic E-state index is 0.0369. The summed E-state index contributed by atoms with van der Waals surface area (Å²) in [6, 6.07) is 18.1. The highest BCUT2D eigenvalue weighted by Gasteiger charge is 2.44. The molecule has 0 bridgehead atoms. The van der Waals surface area contributed by atoms with Crippen LogP contribution in [0.4, 0.5) is 0 Å². The summed E-state index contributed by atoms with van der Waals surface area (Å²) < 4.78 is 14.2. The van der Waals surface area contributed by atoms with Gasteiger partial charge in [-0.05, 0) is 24.3 Å². The lowest BCUT2D eigenvalue weighted by molar-refractivity contribution is -0.148. The second kappa shape index (κ2) is 12.6. The van der Waals surface area contributed by atoms with Crippen molar-refractivity contribution in [2.45, 2.75) is 18.6 Å². The molecule has 3 rings (SSSR count). The first-order chi connectivity index (χ1) is 15.4. The summed E-state index contributed by atoms with van der Waals surface area (Å²) >= 11 is 0. The molecule has 2 aromatic carbocycles. The smallest absolute Gasteiger partial charge is 0.379 e. The van der Waals surface area contributed by atoms with Crippen molar-refractivity contribution >= 4 is 15.4 Å². The van der Waals surface area contributed by atoms with E-state index >= 15 is 0 Å². The molecule has 1 saturated heterocycles. The molecule has 0 radical (unpaired) electrons. The van der Waals surface area contributed by atoms with E-state index in [0.717, 1.165) is 13.1 Å². The van der Waals surface area contributed by atoms with Crippen molar-refractivity contribution in [3.8, 4) is 0 Å². The molecule has 1 fully saturated rings. The zero-order valence-corrected chi connectivity index (χ0v) is 20.4. The van der Waals surface area contributed by atoms with E-state index in [1.807, 2.05) is 43.3 Å². The van der Waals surface area contributed by atoms with Gasteiger partial charge in [-0.3, -0.25) is 4.79 Å². The number of carbonyl (C=O) groups is 1. The van der Waals surface area contributed by atoms with Gasteiger partial charge >= 0.3 is 9.53 Å². The SMILES string of the molecule is C=CN(C(=O)C(O)(c1ccccc1)c1ccccc1)C(C)C1CNC1.CO[SiH](OC)OC. The van der Waals surface area contributed by atoms with E-state index < -0.39 is 15.1 Å². The van der Waals surface area contributed by atoms with Gasteiger partial charge < -0.3 is 28.6 Å². The normalized spacial score (nSPS) is 14.7. The molecule has 2 aromatic rings. The number of rotatable bonds is 9. The molecule has 0 saturated carbocycles. The molecule has 2 N–H and O–H groups in total. The van der Waals surface area contributed by atoms with Crippen molar-refractivity contribution < 1.29 is 23.2 Å². The van der Waals surface area contributed by atoms with Gasteiger partial charge in [-0.1, -0.05) is 67.2 Å². The van der Waals surface area contributed by atoms with E-state index in [2.05, 4.69) is 11.9 Å². The van der Waals surface area contributed by atoms with E-state index in [4.69, 9.17) is 13.3 Å². The molecular weight excluding hydrogens is 424 g/mol. The van der Waals surface area contributed by atoms with Gasteiger partial charge in [-0.25, -0.2) is 0 Å². The molecule has 1 aliphatic heterocycles. The molecule has 32 heavy (non-hydrogen) atoms. The minimum atomic E-state index is -1.75. The van der Waals surface area contributed by atoms with Crippen molar-refractivity contribution in [1.29, 1.82) is 0 Å². The topological polar surface area (TPSA) is 80.3 Å². The predicted molar refractivity (Wildman–Crippen MR) is 127 cm³/mol. The fourth-order valence-electron chi connectivity index (χ4n) is 3.56. The van der Waals surface area contributed by atoms with Crippen molar-refractivity contribution in [3.05, 3.63) is 84.6 Å². The van der Waals surface area contributed by atoms with Gasteiger partial charge in [0, 0.05) is 46.4 Å². The van der Waals surface area contributed by atoms with Crippen LogP contribution < -0.4 is 5.32 Å². The third-order valence-corrected chi connectivity index (χ3v) is 6.79. The van der Waals surface area contributed by atoms with E-state index in [0.29, 0.717) is 17.0 Å². The van der Waals surface area contributed by atoms with Crippen LogP contribution in [0.2, 0.25) is 0 Å². The Morgan fingerprint density at radius 3 is 1.78 bits per heavy atom. The molecular formula is C24H34N2O5Si. The first-order valence-corrected chi connectivity index (χ1v) is 11.9. The maximum atomic E-state index is 13.5. The molecule has 174 valence electrons. The fourth-order valence-corrected chi connectivity index (χ4v) is 4.14. The molecule has 8 heteroatoms. The average Bonchev–Trinajstić information content (AvgIpc) is 2.80. The Kier molecular flexibility index (Phi) is 10.2. The number of amides is 1. The van der Waals surface area contributed by atoms with Crippen LogP contribution in [-0.2, 0) is 23.7 Å². The van der Waals surface area contributed by atoms with Gasteiger partial charge in [-0.2, -0.15) is 0 Å². The maximum Gasteiger partial charge on any atom is 0.483 e. The largest absolute Gasteiger partial charge is 0.483 e. The lowest BCUT2D eigenvalue weighted by Gasteiger charge is -2.41. The third kappa shape index (κ3) is 5.92. The summed E-state index contributed by atoms with van der Waals surface area (Å²) in [6.45, 7) is 7.56. The molecule has 0 aromatic heterocycles. The molecule has 1 amide bonds. The second-order valence-corrected chi connectivity index (χ2v) is 9.48. The minimum Gasteiger partial charge on any atom is -0.379 e. The Labute approximate surface area is 192 Å². The van der Waals surface area contributed by atoms with Crippen molar-refractivity contribution in [1.82, 2.24) is 10.2 Å². The molecule has 1 aliphatic rings. The summed E-state index contributed by atoms with van der Waals surface area (Å²) in [5, 5.41) is 14.8. The molecule has 1 heterocycles. The Balaban J connectivity index is 0.000000451. The first-order valence-electron chi connectivity index (χ1n) is 10.5. The first kappa shape index (κ1) is 25.9. The van der Waals surface area contributed by atoms with Crippen LogP contribution in [0.1, 0.15) is 18.1 Å². The van der Waals surface area contributed by atoms with E-state index in [-0.39, 0.29) is 11.9 Å².